The molecule has 12 heavy (non-hydrogen) atoms. The van der Waals surface area contributed by atoms with E-state index in [9.17, 15) is 4.79 Å². The monoisotopic (exact) mass is 180 g/mol. The smallest absolute Gasteiger partial charge is 0.320 e. The normalized spacial score (nSPS) is 12.8. The highest BCUT2D eigenvalue weighted by atomic mass is 16.4. The van der Waals surface area contributed by atoms with Crippen LogP contribution in [0.1, 0.15) is 15.8 Å². The summed E-state index contributed by atoms with van der Waals surface area (Å²) in [4.78, 5) is 13.9. The Morgan fingerprint density at radius 3 is 2.67 bits per heavy atom. The molecule has 0 saturated heterocycles. The van der Waals surface area contributed by atoms with Crippen molar-refractivity contribution in [2.24, 2.45) is 22.2 Å². The van der Waals surface area contributed by atoms with Crippen molar-refractivity contribution in [1.29, 1.82) is 0 Å². The Bertz CT molecular complexity index is 185. The number of aliphatic imine (C=N–C) groups is 1. The fourth-order valence-corrected chi connectivity index (χ4v) is 0.643. The van der Waals surface area contributed by atoms with Crippen LogP contribution in [-0.4, -0.2) is 29.6 Å². The molecule has 0 aliphatic rings. The van der Waals surface area contributed by atoms with Gasteiger partial charge in [0, 0.05) is 9.51 Å². The zero-order valence-corrected chi connectivity index (χ0v) is 6.73. The molecule has 0 radical (unpaired) electrons. The lowest BCUT2D eigenvalue weighted by Gasteiger charge is -2.03. The lowest BCUT2D eigenvalue weighted by molar-refractivity contribution is -0.138. The number of guanidine groups is 1. The first-order valence-corrected chi connectivity index (χ1v) is 3.58. The van der Waals surface area contributed by atoms with Crippen LogP contribution in [0.2, 0.25) is 0 Å². The molecule has 7 N–H and O–H groups in total. The number of hydrogen-bond donors (Lipinski definition) is 4. The van der Waals surface area contributed by atoms with Gasteiger partial charge in [0.1, 0.15) is 6.04 Å². The van der Waals surface area contributed by atoms with Crippen LogP contribution >= 0.6 is 0 Å². The minimum Gasteiger partial charge on any atom is -0.480 e. The zero-order chi connectivity index (χ0) is 11.6. The van der Waals surface area contributed by atoms with Gasteiger partial charge < -0.3 is 22.3 Å². The number of carboxylic acids is 1. The van der Waals surface area contributed by atoms with Crippen molar-refractivity contribution in [3.05, 3.63) is 0 Å². The topological polar surface area (TPSA) is 128 Å². The molecule has 6 heteroatoms. The van der Waals surface area contributed by atoms with E-state index >= 15 is 0 Å². The molecule has 0 unspecified atom stereocenters. The third kappa shape index (κ3) is 5.48. The minimum absolute atomic E-state index is 0.0129. The van der Waals surface area contributed by atoms with Crippen molar-refractivity contribution >= 4 is 11.9 Å². The highest BCUT2D eigenvalue weighted by Crippen LogP contribution is 1.94. The summed E-state index contributed by atoms with van der Waals surface area (Å²) in [5, 5.41) is 8.38. The third-order valence-corrected chi connectivity index (χ3v) is 1.28. The van der Waals surface area contributed by atoms with Crippen molar-refractivity contribution < 1.29 is 12.9 Å². The molecule has 1 atom stereocenters. The minimum atomic E-state index is -1.00. The van der Waals surface area contributed by atoms with E-state index in [4.69, 9.17) is 25.3 Å². The SMILES string of the molecule is NC(N)=NCCC[C@H](N)C(=O)O.[3H][3H]. The highest BCUT2D eigenvalue weighted by molar-refractivity contribution is 5.75. The molecule has 0 aliphatic heterocycles. The van der Waals surface area contributed by atoms with Crippen LogP contribution in [0.15, 0.2) is 4.99 Å². The highest BCUT2D eigenvalue weighted by Gasteiger charge is 2.09. The molecular formula is C6H16N4O2. The number of nitrogens with two attached hydrogens (primary N) is 3. The van der Waals surface area contributed by atoms with Crippen LogP contribution in [0.3, 0.4) is 0 Å². The van der Waals surface area contributed by atoms with Gasteiger partial charge in [0.2, 0.25) is 0 Å². The van der Waals surface area contributed by atoms with Crippen LogP contribution in [0.4, 0.5) is 0 Å². The first-order chi connectivity index (χ1) is 6.54. The van der Waals surface area contributed by atoms with Crippen LogP contribution in [0.25, 0.3) is 0 Å². The van der Waals surface area contributed by atoms with Gasteiger partial charge in [-0.25, -0.2) is 0 Å². The van der Waals surface area contributed by atoms with Crippen molar-refractivity contribution in [1.82, 2.24) is 0 Å². The zero-order valence-electron chi connectivity index (χ0n) is 8.73. The van der Waals surface area contributed by atoms with Crippen molar-refractivity contribution in [2.45, 2.75) is 18.9 Å². The Labute approximate surface area is 73.5 Å². The standard InChI is InChI=1S/C6H14N4O2.H2/c7-4(5(11)12)2-1-3-10-6(8)9;/h4H,1-3,7H2,(H,11,12)(H4,8,9,10);1H/t4-;/m0./s1/i;1+2T. The van der Waals surface area contributed by atoms with Gasteiger partial charge >= 0.3 is 5.97 Å². The largest absolute Gasteiger partial charge is 0.480 e. The molecule has 0 aliphatic carbocycles. The summed E-state index contributed by atoms with van der Waals surface area (Å²) >= 11 is 0. The Hall–Kier alpha value is -1.30. The Kier molecular flexibility index (Phi) is 3.93. The first kappa shape index (κ1) is 8.79. The molecule has 72 valence electrons. The van der Waals surface area contributed by atoms with Crippen LogP contribution < -0.4 is 17.2 Å². The second kappa shape index (κ2) is 5.36. The van der Waals surface area contributed by atoms with Crippen LogP contribution in [-0.2, 0) is 4.79 Å². The number of carboxylic acid groups (broad SMARTS) is 1. The molecule has 0 heterocycles. The van der Waals surface area contributed by atoms with Crippen LogP contribution in [0, 0.1) is 0 Å². The number of carbonyl (C=O) groups is 1. The predicted octanol–water partition coefficient (Wildman–Crippen LogP) is -1.30. The van der Waals surface area contributed by atoms with E-state index in [0.29, 0.717) is 19.4 Å². The summed E-state index contributed by atoms with van der Waals surface area (Å²) in [7, 11) is 0. The Balaban J connectivity index is 0. The van der Waals surface area contributed by atoms with Gasteiger partial charge in [0.25, 0.3) is 0 Å². The maximum absolute atomic E-state index is 10.2. The molecule has 0 aromatic rings. The molecule has 0 rings (SSSR count). The molecule has 0 fully saturated rings. The lowest BCUT2D eigenvalue weighted by atomic mass is 10.2. The molecule has 6 nitrogen and oxygen atoms in total. The second-order valence-electron chi connectivity index (χ2n) is 2.39. The Morgan fingerprint density at radius 2 is 2.25 bits per heavy atom. The summed E-state index contributed by atoms with van der Waals surface area (Å²) < 4.78 is 10.0. The maximum Gasteiger partial charge on any atom is 0.320 e. The summed E-state index contributed by atoms with van der Waals surface area (Å²) in [6.07, 6.45) is 0.956. The Morgan fingerprint density at radius 1 is 1.67 bits per heavy atom. The molecule has 0 bridgehead atoms. The average Bonchev–Trinajstić information content (AvgIpc) is 2.15. The lowest BCUT2D eigenvalue weighted by Crippen LogP contribution is -2.30. The first-order valence-electron chi connectivity index (χ1n) is 4.58. The quantitative estimate of drug-likeness (QED) is 0.237. The fraction of sp³-hybridized carbons (Fsp3) is 0.667. The molecule has 0 aromatic heterocycles. The molecule has 0 spiro atoms. The van der Waals surface area contributed by atoms with Crippen molar-refractivity contribution in [2.75, 3.05) is 6.54 Å². The summed E-state index contributed by atoms with van der Waals surface area (Å²) in [5.41, 5.74) is 15.3. The van der Waals surface area contributed by atoms with Gasteiger partial charge in [-0.15, -0.1) is 0 Å². The summed E-state index contributed by atoms with van der Waals surface area (Å²) in [6.45, 7) is 0.420. The summed E-state index contributed by atoms with van der Waals surface area (Å²) in [5.74, 6) is -0.987. The van der Waals surface area contributed by atoms with E-state index in [2.05, 4.69) is 4.99 Å². The number of hydrogen-bond acceptors (Lipinski definition) is 3. The number of nitrogens with zero attached hydrogens (tertiary/aromatic N) is 1. The van der Waals surface area contributed by atoms with Crippen LogP contribution in [0.5, 0.6) is 0 Å². The van der Waals surface area contributed by atoms with E-state index in [1.165, 1.54) is 0 Å². The molecule has 0 saturated carbocycles. The second-order valence-corrected chi connectivity index (χ2v) is 2.39. The van der Waals surface area contributed by atoms with Gasteiger partial charge in [0.15, 0.2) is 5.96 Å². The average molecular weight is 180 g/mol. The predicted molar refractivity (Wildman–Crippen MR) is 47.6 cm³/mol. The van der Waals surface area contributed by atoms with Gasteiger partial charge in [-0.3, -0.25) is 9.79 Å². The van der Waals surface area contributed by atoms with E-state index in [0.717, 1.165) is 0 Å². The van der Waals surface area contributed by atoms with Crippen molar-refractivity contribution in [3.63, 3.8) is 0 Å². The summed E-state index contributed by atoms with van der Waals surface area (Å²) in [6, 6.07) is -0.820. The fourth-order valence-electron chi connectivity index (χ4n) is 0.643. The van der Waals surface area contributed by atoms with E-state index in [1.807, 2.05) is 0 Å². The molecular weight excluding hydrogens is 160 g/mol. The number of aliphatic carboxylic acids is 1. The van der Waals surface area contributed by atoms with Gasteiger partial charge in [0.05, 0.1) is 0 Å². The maximum atomic E-state index is 10.2. The third-order valence-electron chi connectivity index (χ3n) is 1.28. The molecule has 0 amide bonds. The van der Waals surface area contributed by atoms with Gasteiger partial charge in [-0.1, -0.05) is 0 Å². The van der Waals surface area contributed by atoms with E-state index in [1.54, 1.807) is 0 Å². The van der Waals surface area contributed by atoms with Gasteiger partial charge in [-0.05, 0) is 12.8 Å². The van der Waals surface area contributed by atoms with E-state index < -0.39 is 12.0 Å². The number of rotatable bonds is 5. The van der Waals surface area contributed by atoms with Gasteiger partial charge in [-0.2, -0.15) is 0 Å². The molecule has 0 aromatic carbocycles. The van der Waals surface area contributed by atoms with E-state index in [-0.39, 0.29) is 5.96 Å². The van der Waals surface area contributed by atoms with Crippen molar-refractivity contribution in [3.8, 4) is 0 Å².